The first-order chi connectivity index (χ1) is 8.77. The van der Waals surface area contributed by atoms with Crippen molar-refractivity contribution in [3.63, 3.8) is 0 Å². The molecule has 1 aliphatic rings. The topological polar surface area (TPSA) is 80.4 Å². The second kappa shape index (κ2) is 5.75. The number of H-pyrrole nitrogens is 1. The molecule has 0 atom stereocenters. The Kier molecular flexibility index (Phi) is 4.07. The molecule has 0 amide bonds. The maximum Gasteiger partial charge on any atom is 0.267 e. The first kappa shape index (κ1) is 12.7. The summed E-state index contributed by atoms with van der Waals surface area (Å²) in [5.74, 6) is 0.671. The molecule has 18 heavy (non-hydrogen) atoms. The molecule has 4 nitrogen and oxygen atoms in total. The van der Waals surface area contributed by atoms with E-state index in [4.69, 9.17) is 10.5 Å². The lowest BCUT2D eigenvalue weighted by Crippen LogP contribution is -2.20. The largest absolute Gasteiger partial charge is 0.316 e. The second-order valence-corrected chi connectivity index (χ2v) is 5.30. The lowest BCUT2D eigenvalue weighted by atomic mass is 9.90. The van der Waals surface area contributed by atoms with E-state index in [1.807, 2.05) is 6.07 Å². The first-order valence-electron chi connectivity index (χ1n) is 5.95. The maximum absolute atomic E-state index is 11.8. The molecule has 1 aromatic rings. The zero-order chi connectivity index (χ0) is 13.0. The fourth-order valence-corrected chi connectivity index (χ4v) is 3.21. The summed E-state index contributed by atoms with van der Waals surface area (Å²) in [6.07, 6.45) is 4.31. The predicted octanol–water partition coefficient (Wildman–Crippen LogP) is 2.13. The molecule has 1 heterocycles. The molecule has 0 radical (unpaired) electrons. The van der Waals surface area contributed by atoms with Crippen LogP contribution < -0.4 is 5.56 Å². The summed E-state index contributed by atoms with van der Waals surface area (Å²) in [7, 11) is 0. The van der Waals surface area contributed by atoms with Gasteiger partial charge in [-0.2, -0.15) is 10.5 Å². The van der Waals surface area contributed by atoms with Crippen LogP contribution in [-0.4, -0.2) is 10.7 Å². The van der Waals surface area contributed by atoms with Gasteiger partial charge < -0.3 is 4.98 Å². The zero-order valence-corrected chi connectivity index (χ0v) is 10.8. The van der Waals surface area contributed by atoms with E-state index in [1.54, 1.807) is 0 Å². The average molecular weight is 259 g/mol. The maximum atomic E-state index is 11.8. The normalized spacial score (nSPS) is 13.4. The van der Waals surface area contributed by atoms with Crippen molar-refractivity contribution in [1.82, 2.24) is 4.98 Å². The molecule has 0 saturated carbocycles. The van der Waals surface area contributed by atoms with Gasteiger partial charge in [0.1, 0.15) is 11.6 Å². The molecule has 0 aromatic carbocycles. The minimum Gasteiger partial charge on any atom is -0.316 e. The fourth-order valence-electron chi connectivity index (χ4n) is 2.25. The highest BCUT2D eigenvalue weighted by atomic mass is 32.2. The number of hydrogen-bond acceptors (Lipinski definition) is 4. The molecule has 1 aromatic heterocycles. The molecule has 0 unspecified atom stereocenters. The molecule has 1 N–H and O–H groups in total. The first-order valence-corrected chi connectivity index (χ1v) is 6.94. The number of nitrogens with zero attached hydrogens (tertiary/aromatic N) is 2. The minimum atomic E-state index is -0.294. The molecule has 0 saturated heterocycles. The number of hydrogen-bond donors (Lipinski definition) is 1. The number of aromatic amines is 1. The van der Waals surface area contributed by atoms with Crippen LogP contribution >= 0.6 is 11.8 Å². The number of pyridine rings is 1. The molecule has 0 spiro atoms. The number of nitriles is 2. The number of thioether (sulfide) groups is 1. The van der Waals surface area contributed by atoms with Crippen molar-refractivity contribution in [2.24, 2.45) is 0 Å². The van der Waals surface area contributed by atoms with Gasteiger partial charge in [-0.3, -0.25) is 4.79 Å². The van der Waals surface area contributed by atoms with E-state index in [9.17, 15) is 4.79 Å². The lowest BCUT2D eigenvalue weighted by Gasteiger charge is -2.19. The Hall–Kier alpha value is -1.72. The van der Waals surface area contributed by atoms with Crippen LogP contribution in [0.3, 0.4) is 0 Å². The average Bonchev–Trinajstić information content (AvgIpc) is 2.39. The van der Waals surface area contributed by atoms with Gasteiger partial charge in [0.05, 0.1) is 11.1 Å². The monoisotopic (exact) mass is 259 g/mol. The Bertz CT molecular complexity index is 592. The standard InChI is InChI=1S/C13H13N3OS/c14-6-3-7-18-13-10-5-2-1-4-9(10)11(8-15)12(17)16-13/h1-5,7H2,(H,16,17). The highest BCUT2D eigenvalue weighted by molar-refractivity contribution is 7.99. The van der Waals surface area contributed by atoms with Crippen molar-refractivity contribution in [3.05, 3.63) is 27.0 Å². The molecule has 0 fully saturated rings. The molecule has 2 rings (SSSR count). The third-order valence-electron chi connectivity index (χ3n) is 3.07. The van der Waals surface area contributed by atoms with E-state index in [1.165, 1.54) is 11.8 Å². The molecular weight excluding hydrogens is 246 g/mol. The second-order valence-electron chi connectivity index (χ2n) is 4.19. The van der Waals surface area contributed by atoms with E-state index in [-0.39, 0.29) is 11.1 Å². The van der Waals surface area contributed by atoms with Gasteiger partial charge in [0.25, 0.3) is 5.56 Å². The fraction of sp³-hybridized carbons (Fsp3) is 0.462. The Morgan fingerprint density at radius 2 is 1.94 bits per heavy atom. The summed E-state index contributed by atoms with van der Waals surface area (Å²) < 4.78 is 0. The Morgan fingerprint density at radius 1 is 1.22 bits per heavy atom. The van der Waals surface area contributed by atoms with Crippen molar-refractivity contribution >= 4 is 11.8 Å². The van der Waals surface area contributed by atoms with Crippen molar-refractivity contribution < 1.29 is 0 Å². The summed E-state index contributed by atoms with van der Waals surface area (Å²) in [5, 5.41) is 18.5. The van der Waals surface area contributed by atoms with Gasteiger partial charge in [0, 0.05) is 12.2 Å². The van der Waals surface area contributed by atoms with Gasteiger partial charge in [-0.15, -0.1) is 11.8 Å². The molecule has 1 aliphatic carbocycles. The van der Waals surface area contributed by atoms with Gasteiger partial charge in [-0.25, -0.2) is 0 Å². The zero-order valence-electron chi connectivity index (χ0n) is 9.95. The summed E-state index contributed by atoms with van der Waals surface area (Å²) >= 11 is 1.51. The molecule has 5 heteroatoms. The molecule has 92 valence electrons. The van der Waals surface area contributed by atoms with Gasteiger partial charge >= 0.3 is 0 Å². The van der Waals surface area contributed by atoms with Crippen molar-refractivity contribution in [1.29, 1.82) is 10.5 Å². The highest BCUT2D eigenvalue weighted by Gasteiger charge is 2.20. The third-order valence-corrected chi connectivity index (χ3v) is 4.12. The molecular formula is C13H13N3OS. The van der Waals surface area contributed by atoms with Gasteiger partial charge in [-0.1, -0.05) is 0 Å². The van der Waals surface area contributed by atoms with Crippen molar-refractivity contribution in [3.8, 4) is 12.1 Å². The van der Waals surface area contributed by atoms with Crippen LogP contribution in [0.2, 0.25) is 0 Å². The highest BCUT2D eigenvalue weighted by Crippen LogP contribution is 2.30. The predicted molar refractivity (Wildman–Crippen MR) is 69.4 cm³/mol. The van der Waals surface area contributed by atoms with Crippen LogP contribution in [0.5, 0.6) is 0 Å². The van der Waals surface area contributed by atoms with E-state index >= 15 is 0 Å². The van der Waals surface area contributed by atoms with E-state index in [0.717, 1.165) is 41.8 Å². The Morgan fingerprint density at radius 3 is 2.61 bits per heavy atom. The van der Waals surface area contributed by atoms with Gasteiger partial charge in [0.2, 0.25) is 0 Å². The summed E-state index contributed by atoms with van der Waals surface area (Å²) in [6.45, 7) is 0. The Labute approximate surface area is 110 Å². The van der Waals surface area contributed by atoms with Crippen LogP contribution in [0.25, 0.3) is 0 Å². The number of fused-ring (bicyclic) bond motifs is 1. The van der Waals surface area contributed by atoms with Gasteiger partial charge in [0.15, 0.2) is 0 Å². The summed E-state index contributed by atoms with van der Waals surface area (Å²) in [6, 6.07) is 4.10. The van der Waals surface area contributed by atoms with E-state index in [2.05, 4.69) is 11.1 Å². The SMILES string of the molecule is N#CCCSc1[nH]c(=O)c(C#N)c2c1CCCC2. The van der Waals surface area contributed by atoms with E-state index < -0.39 is 0 Å². The molecule has 0 aliphatic heterocycles. The number of rotatable bonds is 3. The van der Waals surface area contributed by atoms with Gasteiger partial charge in [-0.05, 0) is 36.8 Å². The summed E-state index contributed by atoms with van der Waals surface area (Å²) in [4.78, 5) is 14.6. The minimum absolute atomic E-state index is 0.273. The van der Waals surface area contributed by atoms with Crippen molar-refractivity contribution in [2.75, 3.05) is 5.75 Å². The van der Waals surface area contributed by atoms with Crippen LogP contribution in [0, 0.1) is 22.7 Å². The molecule has 0 bridgehead atoms. The van der Waals surface area contributed by atoms with Crippen LogP contribution in [0.4, 0.5) is 0 Å². The van der Waals surface area contributed by atoms with Crippen LogP contribution in [0.1, 0.15) is 36.0 Å². The lowest BCUT2D eigenvalue weighted by molar-refractivity contribution is 0.663. The third kappa shape index (κ3) is 2.42. The van der Waals surface area contributed by atoms with Crippen molar-refractivity contribution in [2.45, 2.75) is 37.1 Å². The summed E-state index contributed by atoms with van der Waals surface area (Å²) in [5.41, 5.74) is 2.01. The van der Waals surface area contributed by atoms with Crippen LogP contribution in [0.15, 0.2) is 9.82 Å². The number of aromatic nitrogens is 1. The van der Waals surface area contributed by atoms with E-state index in [0.29, 0.717) is 12.2 Å². The number of nitrogens with one attached hydrogen (secondary N) is 1. The smallest absolute Gasteiger partial charge is 0.267 e. The van der Waals surface area contributed by atoms with Crippen LogP contribution in [-0.2, 0) is 12.8 Å². The Balaban J connectivity index is 2.42. The quantitative estimate of drug-likeness (QED) is 0.666.